The van der Waals surface area contributed by atoms with Gasteiger partial charge in [0.15, 0.2) is 0 Å². The Kier molecular flexibility index (Phi) is 4.96. The molecule has 0 atom stereocenters. The van der Waals surface area contributed by atoms with Crippen molar-refractivity contribution in [3.05, 3.63) is 29.3 Å². The highest BCUT2D eigenvalue weighted by Crippen LogP contribution is 2.20. The Morgan fingerprint density at radius 1 is 1.25 bits per heavy atom. The standard InChI is InChI=1S/C9H11ClS2/c10-8-2-4-9(5-3-8)12-7-1-6-11/h2-5,11H,1,6-7H2. The summed E-state index contributed by atoms with van der Waals surface area (Å²) in [5.41, 5.74) is 0. The van der Waals surface area contributed by atoms with Crippen LogP contribution in [0.5, 0.6) is 0 Å². The topological polar surface area (TPSA) is 0 Å². The van der Waals surface area contributed by atoms with Crippen LogP contribution in [-0.4, -0.2) is 11.5 Å². The fourth-order valence-electron chi connectivity index (χ4n) is 0.785. The number of thioether (sulfide) groups is 1. The van der Waals surface area contributed by atoms with E-state index in [1.54, 1.807) is 0 Å². The third-order valence-corrected chi connectivity index (χ3v) is 3.05. The van der Waals surface area contributed by atoms with Crippen LogP contribution in [0.15, 0.2) is 29.2 Å². The Labute approximate surface area is 88.1 Å². The van der Waals surface area contributed by atoms with Crippen molar-refractivity contribution in [1.29, 1.82) is 0 Å². The number of thiol groups is 1. The third-order valence-electron chi connectivity index (χ3n) is 1.38. The molecule has 0 aliphatic rings. The van der Waals surface area contributed by atoms with E-state index in [0.717, 1.165) is 22.9 Å². The molecule has 3 heteroatoms. The lowest BCUT2D eigenvalue weighted by Crippen LogP contribution is -1.80. The highest BCUT2D eigenvalue weighted by molar-refractivity contribution is 7.99. The van der Waals surface area contributed by atoms with E-state index >= 15 is 0 Å². The molecule has 0 aliphatic heterocycles. The van der Waals surface area contributed by atoms with Gasteiger partial charge >= 0.3 is 0 Å². The largest absolute Gasteiger partial charge is 0.179 e. The molecule has 0 heterocycles. The molecule has 0 unspecified atom stereocenters. The van der Waals surface area contributed by atoms with Gasteiger partial charge in [0, 0.05) is 9.92 Å². The molecule has 0 amide bonds. The molecule has 0 aromatic heterocycles. The van der Waals surface area contributed by atoms with Crippen LogP contribution < -0.4 is 0 Å². The Morgan fingerprint density at radius 3 is 2.50 bits per heavy atom. The second-order valence-corrected chi connectivity index (χ2v) is 4.43. The van der Waals surface area contributed by atoms with Crippen LogP contribution in [0, 0.1) is 0 Å². The molecule has 0 spiro atoms. The normalized spacial score (nSPS) is 10.2. The van der Waals surface area contributed by atoms with Gasteiger partial charge in [0.2, 0.25) is 0 Å². The van der Waals surface area contributed by atoms with Crippen LogP contribution in [0.3, 0.4) is 0 Å². The van der Waals surface area contributed by atoms with Crippen LogP contribution in [0.4, 0.5) is 0 Å². The molecule has 0 nitrogen and oxygen atoms in total. The number of rotatable bonds is 4. The molecule has 0 saturated heterocycles. The predicted octanol–water partition coefficient (Wildman–Crippen LogP) is 3.75. The third kappa shape index (κ3) is 3.74. The summed E-state index contributed by atoms with van der Waals surface area (Å²) in [5, 5.41) is 0.800. The second-order valence-electron chi connectivity index (χ2n) is 2.38. The summed E-state index contributed by atoms with van der Waals surface area (Å²) in [7, 11) is 0. The molecular weight excluding hydrogens is 208 g/mol. The summed E-state index contributed by atoms with van der Waals surface area (Å²) in [6, 6.07) is 7.94. The van der Waals surface area contributed by atoms with Gasteiger partial charge in [-0.1, -0.05) is 11.6 Å². The van der Waals surface area contributed by atoms with Crippen LogP contribution in [-0.2, 0) is 0 Å². The van der Waals surface area contributed by atoms with Crippen molar-refractivity contribution < 1.29 is 0 Å². The lowest BCUT2D eigenvalue weighted by Gasteiger charge is -1.99. The molecule has 1 rings (SSSR count). The highest BCUT2D eigenvalue weighted by atomic mass is 35.5. The van der Waals surface area contributed by atoms with Crippen molar-refractivity contribution in [3.8, 4) is 0 Å². The average Bonchev–Trinajstić information content (AvgIpc) is 2.09. The zero-order valence-corrected chi connectivity index (χ0v) is 9.13. The van der Waals surface area contributed by atoms with E-state index < -0.39 is 0 Å². The van der Waals surface area contributed by atoms with Crippen molar-refractivity contribution in [2.75, 3.05) is 11.5 Å². The zero-order chi connectivity index (χ0) is 8.81. The molecule has 0 bridgehead atoms. The minimum atomic E-state index is 0.800. The zero-order valence-electron chi connectivity index (χ0n) is 6.66. The van der Waals surface area contributed by atoms with Crippen molar-refractivity contribution in [3.63, 3.8) is 0 Å². The van der Waals surface area contributed by atoms with Gasteiger partial charge in [-0.25, -0.2) is 0 Å². The molecule has 66 valence electrons. The Hall–Kier alpha value is 0.210. The molecular formula is C9H11ClS2. The maximum absolute atomic E-state index is 5.75. The summed E-state index contributed by atoms with van der Waals surface area (Å²) < 4.78 is 0. The first-order valence-electron chi connectivity index (χ1n) is 3.82. The molecule has 12 heavy (non-hydrogen) atoms. The van der Waals surface area contributed by atoms with E-state index in [9.17, 15) is 0 Å². The van der Waals surface area contributed by atoms with Crippen LogP contribution in [0.2, 0.25) is 5.02 Å². The molecule has 0 saturated carbocycles. The minimum absolute atomic E-state index is 0.800. The van der Waals surface area contributed by atoms with Gasteiger partial charge in [-0.15, -0.1) is 11.8 Å². The van der Waals surface area contributed by atoms with Crippen molar-refractivity contribution in [2.24, 2.45) is 0 Å². The Balaban J connectivity index is 2.37. The van der Waals surface area contributed by atoms with Gasteiger partial charge in [-0.2, -0.15) is 12.6 Å². The molecule has 0 N–H and O–H groups in total. The molecule has 0 radical (unpaired) electrons. The first-order chi connectivity index (χ1) is 5.83. The Morgan fingerprint density at radius 2 is 1.92 bits per heavy atom. The monoisotopic (exact) mass is 218 g/mol. The lowest BCUT2D eigenvalue weighted by atomic mass is 10.4. The van der Waals surface area contributed by atoms with Crippen molar-refractivity contribution >= 4 is 36.0 Å². The van der Waals surface area contributed by atoms with E-state index in [2.05, 4.69) is 12.6 Å². The second kappa shape index (κ2) is 5.79. The van der Waals surface area contributed by atoms with E-state index in [1.165, 1.54) is 4.90 Å². The fraction of sp³-hybridized carbons (Fsp3) is 0.333. The van der Waals surface area contributed by atoms with E-state index in [0.29, 0.717) is 0 Å². The van der Waals surface area contributed by atoms with Crippen molar-refractivity contribution in [2.45, 2.75) is 11.3 Å². The number of hydrogen-bond acceptors (Lipinski definition) is 2. The summed E-state index contributed by atoms with van der Waals surface area (Å²) in [6.45, 7) is 0. The lowest BCUT2D eigenvalue weighted by molar-refractivity contribution is 1.13. The summed E-state index contributed by atoms with van der Waals surface area (Å²) in [4.78, 5) is 1.28. The minimum Gasteiger partial charge on any atom is -0.179 e. The van der Waals surface area contributed by atoms with Crippen LogP contribution in [0.1, 0.15) is 6.42 Å². The molecule has 1 aromatic rings. The van der Waals surface area contributed by atoms with Gasteiger partial charge in [0.1, 0.15) is 0 Å². The van der Waals surface area contributed by atoms with Crippen molar-refractivity contribution in [1.82, 2.24) is 0 Å². The van der Waals surface area contributed by atoms with E-state index in [4.69, 9.17) is 11.6 Å². The molecule has 0 fully saturated rings. The van der Waals surface area contributed by atoms with Gasteiger partial charge in [0.25, 0.3) is 0 Å². The van der Waals surface area contributed by atoms with E-state index in [-0.39, 0.29) is 0 Å². The summed E-state index contributed by atoms with van der Waals surface area (Å²) >= 11 is 11.7. The Bertz CT molecular complexity index is 220. The van der Waals surface area contributed by atoms with Crippen LogP contribution >= 0.6 is 36.0 Å². The fourth-order valence-corrected chi connectivity index (χ4v) is 2.14. The summed E-state index contributed by atoms with van der Waals surface area (Å²) in [5.74, 6) is 2.09. The SMILES string of the molecule is SCCCSc1ccc(Cl)cc1. The maximum Gasteiger partial charge on any atom is 0.0406 e. The number of hydrogen-bond donors (Lipinski definition) is 1. The highest BCUT2D eigenvalue weighted by Gasteiger charge is 1.92. The quantitative estimate of drug-likeness (QED) is 0.456. The summed E-state index contributed by atoms with van der Waals surface area (Å²) in [6.07, 6.45) is 1.15. The van der Waals surface area contributed by atoms with Crippen LogP contribution in [0.25, 0.3) is 0 Å². The van der Waals surface area contributed by atoms with E-state index in [1.807, 2.05) is 36.0 Å². The van der Waals surface area contributed by atoms with Gasteiger partial charge < -0.3 is 0 Å². The van der Waals surface area contributed by atoms with Gasteiger partial charge in [-0.05, 0) is 42.2 Å². The molecule has 0 aliphatic carbocycles. The number of benzene rings is 1. The smallest absolute Gasteiger partial charge is 0.0406 e. The first kappa shape index (κ1) is 10.3. The maximum atomic E-state index is 5.75. The molecule has 1 aromatic carbocycles. The van der Waals surface area contributed by atoms with Gasteiger partial charge in [-0.3, -0.25) is 0 Å². The van der Waals surface area contributed by atoms with Gasteiger partial charge in [0.05, 0.1) is 0 Å². The average molecular weight is 219 g/mol. The first-order valence-corrected chi connectivity index (χ1v) is 5.82. The predicted molar refractivity (Wildman–Crippen MR) is 60.6 cm³/mol. The number of halogens is 1.